The monoisotopic (exact) mass is 418 g/mol. The second-order valence-electron chi connectivity index (χ2n) is 6.67. The van der Waals surface area contributed by atoms with Gasteiger partial charge in [-0.05, 0) is 17.7 Å². The van der Waals surface area contributed by atoms with Crippen LogP contribution in [0.3, 0.4) is 0 Å². The Morgan fingerprint density at radius 3 is 2.59 bits per heavy atom. The lowest BCUT2D eigenvalue weighted by atomic mass is 10.0. The smallest absolute Gasteiger partial charge is 0.142 e. The van der Waals surface area contributed by atoms with Gasteiger partial charge in [0.2, 0.25) is 0 Å². The van der Waals surface area contributed by atoms with Crippen LogP contribution in [0.25, 0.3) is 5.57 Å². The molecule has 0 spiro atoms. The first-order chi connectivity index (χ1) is 14.0. The Morgan fingerprint density at radius 2 is 2.00 bits per heavy atom. The number of nitrogens with one attached hydrogen (secondary N) is 1. The van der Waals surface area contributed by atoms with Crippen LogP contribution in [0.15, 0.2) is 30.7 Å². The Kier molecular flexibility index (Phi) is 6.63. The zero-order valence-electron chi connectivity index (χ0n) is 15.9. The summed E-state index contributed by atoms with van der Waals surface area (Å²) in [5, 5.41) is 7.68. The van der Waals surface area contributed by atoms with Crippen molar-refractivity contribution in [3.8, 4) is 0 Å². The number of rotatable bonds is 6. The molecule has 1 saturated heterocycles. The summed E-state index contributed by atoms with van der Waals surface area (Å²) >= 11 is 5.80. The molecule has 1 aliphatic heterocycles. The number of halogens is 2. The van der Waals surface area contributed by atoms with Crippen molar-refractivity contribution in [3.63, 3.8) is 0 Å². The minimum Gasteiger partial charge on any atom is -0.404 e. The number of nitrogens with two attached hydrogens (primary N) is 3. The SMILES string of the molecule is N=CC(=CN)c1c(N)ncnc1N1CCN(C(CN)c2ccc(Cl)c(F)c2)CC1. The fourth-order valence-electron chi connectivity index (χ4n) is 3.57. The molecule has 2 aromatic rings. The van der Waals surface area contributed by atoms with Crippen LogP contribution in [0.5, 0.6) is 0 Å². The van der Waals surface area contributed by atoms with Gasteiger partial charge in [0.25, 0.3) is 0 Å². The maximum absolute atomic E-state index is 13.9. The van der Waals surface area contributed by atoms with Gasteiger partial charge in [0.05, 0.1) is 10.6 Å². The second-order valence-corrected chi connectivity index (χ2v) is 7.08. The summed E-state index contributed by atoms with van der Waals surface area (Å²) in [6.45, 7) is 3.07. The van der Waals surface area contributed by atoms with Gasteiger partial charge in [-0.25, -0.2) is 14.4 Å². The number of nitrogens with zero attached hydrogens (tertiary/aromatic N) is 4. The molecule has 1 fully saturated rings. The van der Waals surface area contributed by atoms with Gasteiger partial charge in [-0.15, -0.1) is 0 Å². The molecule has 2 heterocycles. The van der Waals surface area contributed by atoms with Gasteiger partial charge >= 0.3 is 0 Å². The molecular weight excluding hydrogens is 395 g/mol. The third kappa shape index (κ3) is 4.31. The summed E-state index contributed by atoms with van der Waals surface area (Å²) < 4.78 is 13.9. The number of hydrogen-bond acceptors (Lipinski definition) is 8. The van der Waals surface area contributed by atoms with Gasteiger partial charge in [0.1, 0.15) is 23.8 Å². The molecule has 0 amide bonds. The lowest BCUT2D eigenvalue weighted by Crippen LogP contribution is -2.49. The predicted octanol–water partition coefficient (Wildman–Crippen LogP) is 1.62. The number of hydrogen-bond donors (Lipinski definition) is 4. The van der Waals surface area contributed by atoms with Crippen molar-refractivity contribution in [3.05, 3.63) is 52.7 Å². The first-order valence-electron chi connectivity index (χ1n) is 9.17. The molecule has 0 radical (unpaired) electrons. The number of aromatic nitrogens is 2. The number of anilines is 2. The molecule has 29 heavy (non-hydrogen) atoms. The van der Waals surface area contributed by atoms with Gasteiger partial charge in [0.15, 0.2) is 0 Å². The quantitative estimate of drug-likeness (QED) is 0.523. The summed E-state index contributed by atoms with van der Waals surface area (Å²) in [6.07, 6.45) is 3.85. The zero-order valence-corrected chi connectivity index (χ0v) is 16.6. The van der Waals surface area contributed by atoms with Crippen molar-refractivity contribution < 1.29 is 4.39 Å². The van der Waals surface area contributed by atoms with Crippen LogP contribution >= 0.6 is 11.6 Å². The Bertz CT molecular complexity index is 911. The highest BCUT2D eigenvalue weighted by molar-refractivity contribution is 6.30. The molecule has 1 unspecified atom stereocenters. The van der Waals surface area contributed by atoms with Crippen LogP contribution < -0.4 is 22.1 Å². The number of allylic oxidation sites excluding steroid dienone is 1. The van der Waals surface area contributed by atoms with Crippen molar-refractivity contribution in [1.82, 2.24) is 14.9 Å². The highest BCUT2D eigenvalue weighted by Gasteiger charge is 2.27. The summed E-state index contributed by atoms with van der Waals surface area (Å²) in [7, 11) is 0. The Hall–Kier alpha value is -2.75. The van der Waals surface area contributed by atoms with E-state index in [0.717, 1.165) is 11.8 Å². The molecule has 154 valence electrons. The maximum atomic E-state index is 13.9. The largest absolute Gasteiger partial charge is 0.404 e. The van der Waals surface area contributed by atoms with Crippen LogP contribution in [0, 0.1) is 11.2 Å². The van der Waals surface area contributed by atoms with Crippen molar-refractivity contribution in [1.29, 1.82) is 5.41 Å². The normalized spacial score (nSPS) is 16.7. The summed E-state index contributed by atoms with van der Waals surface area (Å²) in [5.74, 6) is 0.461. The van der Waals surface area contributed by atoms with E-state index in [1.807, 2.05) is 0 Å². The van der Waals surface area contributed by atoms with Crippen molar-refractivity contribution in [2.45, 2.75) is 6.04 Å². The second kappa shape index (κ2) is 9.17. The van der Waals surface area contributed by atoms with Gasteiger partial charge in [0, 0.05) is 56.8 Å². The minimum atomic E-state index is -0.449. The topological polar surface area (TPSA) is 134 Å². The van der Waals surface area contributed by atoms with Crippen molar-refractivity contribution in [2.75, 3.05) is 43.4 Å². The lowest BCUT2D eigenvalue weighted by molar-refractivity contribution is 0.189. The van der Waals surface area contributed by atoms with Crippen LogP contribution in [0.2, 0.25) is 5.02 Å². The van der Waals surface area contributed by atoms with Crippen LogP contribution in [0.4, 0.5) is 16.0 Å². The molecule has 7 N–H and O–H groups in total. The fourth-order valence-corrected chi connectivity index (χ4v) is 3.69. The summed E-state index contributed by atoms with van der Waals surface area (Å²) in [6, 6.07) is 4.69. The first-order valence-corrected chi connectivity index (χ1v) is 9.55. The van der Waals surface area contributed by atoms with E-state index in [9.17, 15) is 4.39 Å². The fraction of sp³-hybridized carbons (Fsp3) is 0.316. The molecule has 8 nitrogen and oxygen atoms in total. The lowest BCUT2D eigenvalue weighted by Gasteiger charge is -2.40. The average molecular weight is 419 g/mol. The van der Waals surface area contributed by atoms with E-state index in [2.05, 4.69) is 19.8 Å². The van der Waals surface area contributed by atoms with E-state index in [0.29, 0.717) is 49.7 Å². The van der Waals surface area contributed by atoms with E-state index in [1.165, 1.54) is 18.6 Å². The molecule has 3 rings (SSSR count). The predicted molar refractivity (Wildman–Crippen MR) is 114 cm³/mol. The highest BCUT2D eigenvalue weighted by Crippen LogP contribution is 2.30. The third-order valence-electron chi connectivity index (χ3n) is 5.09. The standard InChI is InChI=1S/C19H24ClFN8/c20-14-2-1-12(7-15(14)21)16(10-24)28-3-5-29(6-4-28)19-17(13(8-22)9-23)18(25)26-11-27-19/h1-2,7-9,11,16,22H,3-6,10,23-24H2,(H2,25,26,27). The molecule has 1 aromatic heterocycles. The number of nitrogen functional groups attached to an aromatic ring is 1. The molecule has 0 aliphatic carbocycles. The van der Waals surface area contributed by atoms with Gasteiger partial charge in [-0.2, -0.15) is 0 Å². The van der Waals surface area contributed by atoms with Gasteiger partial charge < -0.3 is 27.5 Å². The minimum absolute atomic E-state index is 0.0955. The number of piperazine rings is 1. The number of benzene rings is 1. The third-order valence-corrected chi connectivity index (χ3v) is 5.39. The van der Waals surface area contributed by atoms with Crippen LogP contribution in [0.1, 0.15) is 17.2 Å². The Labute approximate surface area is 173 Å². The summed E-state index contributed by atoms with van der Waals surface area (Å²) in [4.78, 5) is 12.7. The van der Waals surface area contributed by atoms with E-state index < -0.39 is 5.82 Å². The van der Waals surface area contributed by atoms with Crippen LogP contribution in [-0.4, -0.2) is 53.8 Å². The first kappa shape index (κ1) is 21.0. The van der Waals surface area contributed by atoms with E-state index in [4.69, 9.17) is 34.2 Å². The van der Waals surface area contributed by atoms with E-state index in [1.54, 1.807) is 12.1 Å². The molecule has 1 aliphatic rings. The molecule has 1 aromatic carbocycles. The molecule has 10 heteroatoms. The van der Waals surface area contributed by atoms with Crippen molar-refractivity contribution >= 4 is 35.0 Å². The van der Waals surface area contributed by atoms with Crippen LogP contribution in [-0.2, 0) is 0 Å². The van der Waals surface area contributed by atoms with Gasteiger partial charge in [-0.3, -0.25) is 4.90 Å². The zero-order chi connectivity index (χ0) is 21.0. The summed E-state index contributed by atoms with van der Waals surface area (Å²) in [5.41, 5.74) is 19.5. The Morgan fingerprint density at radius 1 is 1.28 bits per heavy atom. The molecule has 1 atom stereocenters. The van der Waals surface area contributed by atoms with Crippen molar-refractivity contribution in [2.24, 2.45) is 11.5 Å². The van der Waals surface area contributed by atoms with Gasteiger partial charge in [-0.1, -0.05) is 17.7 Å². The molecule has 0 bridgehead atoms. The Balaban J connectivity index is 1.79. The highest BCUT2D eigenvalue weighted by atomic mass is 35.5. The molecular formula is C19H24ClFN8. The van der Waals surface area contributed by atoms with E-state index in [-0.39, 0.29) is 16.9 Å². The van der Waals surface area contributed by atoms with E-state index >= 15 is 0 Å². The average Bonchev–Trinajstić information content (AvgIpc) is 2.73. The molecule has 0 saturated carbocycles. The maximum Gasteiger partial charge on any atom is 0.142 e.